The van der Waals surface area contributed by atoms with Gasteiger partial charge in [0.15, 0.2) is 17.6 Å². The van der Waals surface area contributed by atoms with Crippen molar-refractivity contribution in [3.63, 3.8) is 0 Å². The smallest absolute Gasteiger partial charge is 0.339 e. The maximum atomic E-state index is 12.6. The third-order valence-corrected chi connectivity index (χ3v) is 4.64. The average molecular weight is 405 g/mol. The molecule has 0 fully saturated rings. The fourth-order valence-corrected chi connectivity index (χ4v) is 2.97. The summed E-state index contributed by atoms with van der Waals surface area (Å²) in [7, 11) is 2.89. The van der Waals surface area contributed by atoms with Gasteiger partial charge in [-0.25, -0.2) is 4.79 Å². The van der Waals surface area contributed by atoms with E-state index in [9.17, 15) is 9.59 Å². The van der Waals surface area contributed by atoms with E-state index in [0.29, 0.717) is 17.1 Å². The van der Waals surface area contributed by atoms with Gasteiger partial charge in [0.2, 0.25) is 5.78 Å². The summed E-state index contributed by atoms with van der Waals surface area (Å²) >= 11 is 6.12. The molecule has 0 N–H and O–H groups in total. The Morgan fingerprint density at radius 3 is 2.07 bits per heavy atom. The van der Waals surface area contributed by atoms with E-state index in [1.54, 1.807) is 19.1 Å². The first-order valence-electron chi connectivity index (χ1n) is 8.85. The SMILES string of the molecule is COc1cc(C(=O)O[C@H](C)C(=O)c2ccc(C(C)(C)C)cc2)cc(Cl)c1OC. The van der Waals surface area contributed by atoms with Gasteiger partial charge in [-0.2, -0.15) is 0 Å². The van der Waals surface area contributed by atoms with Crippen LogP contribution in [0.25, 0.3) is 0 Å². The standard InChI is InChI=1S/C22H25ClO5/c1-13(19(24)14-7-9-16(10-8-14)22(2,3)4)28-21(25)15-11-17(23)20(27-6)18(12-15)26-5/h7-13H,1-6H3/t13-/m1/s1. The Bertz CT molecular complexity index is 866. The second-order valence-electron chi connectivity index (χ2n) is 7.43. The predicted molar refractivity (Wildman–Crippen MR) is 109 cm³/mol. The van der Waals surface area contributed by atoms with Crippen molar-refractivity contribution in [2.75, 3.05) is 14.2 Å². The quantitative estimate of drug-likeness (QED) is 0.496. The number of benzene rings is 2. The van der Waals surface area contributed by atoms with Gasteiger partial charge in [-0.3, -0.25) is 4.79 Å². The van der Waals surface area contributed by atoms with Crippen molar-refractivity contribution in [1.29, 1.82) is 0 Å². The Morgan fingerprint density at radius 2 is 1.57 bits per heavy atom. The Morgan fingerprint density at radius 1 is 0.964 bits per heavy atom. The van der Waals surface area contributed by atoms with E-state index in [4.69, 9.17) is 25.8 Å². The maximum absolute atomic E-state index is 12.6. The van der Waals surface area contributed by atoms with E-state index in [-0.39, 0.29) is 21.8 Å². The van der Waals surface area contributed by atoms with Gasteiger partial charge in [-0.05, 0) is 30.0 Å². The molecule has 0 amide bonds. The molecule has 0 aliphatic heterocycles. The maximum Gasteiger partial charge on any atom is 0.339 e. The predicted octanol–water partition coefficient (Wildman–Crippen LogP) is 5.08. The lowest BCUT2D eigenvalue weighted by Gasteiger charge is -2.19. The van der Waals surface area contributed by atoms with E-state index in [0.717, 1.165) is 5.56 Å². The minimum atomic E-state index is -0.945. The fourth-order valence-electron chi connectivity index (χ4n) is 2.69. The molecule has 6 heteroatoms. The van der Waals surface area contributed by atoms with E-state index in [1.807, 2.05) is 12.1 Å². The van der Waals surface area contributed by atoms with Crippen LogP contribution in [0.5, 0.6) is 11.5 Å². The highest BCUT2D eigenvalue weighted by Gasteiger charge is 2.23. The van der Waals surface area contributed by atoms with Crippen LogP contribution in [0.1, 0.15) is 54.0 Å². The van der Waals surface area contributed by atoms with Gasteiger partial charge in [0.1, 0.15) is 0 Å². The summed E-state index contributed by atoms with van der Waals surface area (Å²) < 4.78 is 15.7. The van der Waals surface area contributed by atoms with Crippen molar-refractivity contribution in [3.05, 3.63) is 58.1 Å². The van der Waals surface area contributed by atoms with E-state index in [2.05, 4.69) is 20.8 Å². The zero-order valence-corrected chi connectivity index (χ0v) is 17.7. The number of esters is 1. The number of methoxy groups -OCH3 is 2. The first-order chi connectivity index (χ1) is 13.1. The summed E-state index contributed by atoms with van der Waals surface area (Å²) in [4.78, 5) is 25.1. The molecule has 150 valence electrons. The Labute approximate surface area is 170 Å². The molecule has 0 unspecified atom stereocenters. The van der Waals surface area contributed by atoms with Crippen LogP contribution in [-0.4, -0.2) is 32.1 Å². The number of ketones is 1. The first kappa shape index (κ1) is 21.8. The van der Waals surface area contributed by atoms with E-state index >= 15 is 0 Å². The lowest BCUT2D eigenvalue weighted by Crippen LogP contribution is -2.24. The van der Waals surface area contributed by atoms with Gasteiger partial charge < -0.3 is 14.2 Å². The van der Waals surface area contributed by atoms with Gasteiger partial charge in [0.25, 0.3) is 0 Å². The molecule has 0 radical (unpaired) electrons. The highest BCUT2D eigenvalue weighted by atomic mass is 35.5. The summed E-state index contributed by atoms with van der Waals surface area (Å²) in [6.07, 6.45) is -0.945. The molecule has 0 heterocycles. The molecule has 0 aliphatic rings. The van der Waals surface area contributed by atoms with Gasteiger partial charge >= 0.3 is 5.97 Å². The topological polar surface area (TPSA) is 61.8 Å². The number of ether oxygens (including phenoxy) is 3. The summed E-state index contributed by atoms with van der Waals surface area (Å²) in [6.45, 7) is 7.84. The lowest BCUT2D eigenvalue weighted by atomic mass is 9.86. The van der Waals surface area contributed by atoms with Crippen LogP contribution in [0.2, 0.25) is 5.02 Å². The highest BCUT2D eigenvalue weighted by molar-refractivity contribution is 6.32. The summed E-state index contributed by atoms with van der Waals surface area (Å²) in [5.74, 6) is -0.321. The third kappa shape index (κ3) is 4.84. The number of halogens is 1. The summed E-state index contributed by atoms with van der Waals surface area (Å²) in [5.41, 5.74) is 1.77. The van der Waals surface area contributed by atoms with Crippen LogP contribution >= 0.6 is 11.6 Å². The molecular weight excluding hydrogens is 380 g/mol. The third-order valence-electron chi connectivity index (χ3n) is 4.36. The van der Waals surface area contributed by atoms with Crippen LogP contribution in [0.4, 0.5) is 0 Å². The highest BCUT2D eigenvalue weighted by Crippen LogP contribution is 2.36. The number of Topliss-reactive ketones (excluding diaryl/α,β-unsaturated/α-hetero) is 1. The van der Waals surface area contributed by atoms with Crippen molar-refractivity contribution in [1.82, 2.24) is 0 Å². The molecule has 0 aromatic heterocycles. The van der Waals surface area contributed by atoms with Gasteiger partial charge in [-0.1, -0.05) is 56.6 Å². The number of carbonyl (C=O) groups excluding carboxylic acids is 2. The number of rotatable bonds is 6. The Hall–Kier alpha value is -2.53. The number of hydrogen-bond acceptors (Lipinski definition) is 5. The average Bonchev–Trinajstić information content (AvgIpc) is 2.65. The zero-order chi connectivity index (χ0) is 21.1. The van der Waals surface area contributed by atoms with E-state index in [1.165, 1.54) is 26.4 Å². The molecule has 5 nitrogen and oxygen atoms in total. The number of carbonyl (C=O) groups is 2. The Balaban J connectivity index is 2.16. The normalized spacial score (nSPS) is 12.2. The molecule has 28 heavy (non-hydrogen) atoms. The largest absolute Gasteiger partial charge is 0.493 e. The van der Waals surface area contributed by atoms with Crippen LogP contribution in [0.3, 0.4) is 0 Å². The van der Waals surface area contributed by atoms with Crippen molar-refractivity contribution >= 4 is 23.4 Å². The van der Waals surface area contributed by atoms with Crippen molar-refractivity contribution in [2.24, 2.45) is 0 Å². The van der Waals surface area contributed by atoms with Crippen LogP contribution in [-0.2, 0) is 10.2 Å². The van der Waals surface area contributed by atoms with Crippen LogP contribution in [0, 0.1) is 0 Å². The molecule has 0 saturated carbocycles. The molecule has 1 atom stereocenters. The van der Waals surface area contributed by atoms with Gasteiger partial charge in [-0.15, -0.1) is 0 Å². The molecule has 0 bridgehead atoms. The van der Waals surface area contributed by atoms with E-state index < -0.39 is 12.1 Å². The molecule has 2 rings (SSSR count). The van der Waals surface area contributed by atoms with Crippen LogP contribution < -0.4 is 9.47 Å². The van der Waals surface area contributed by atoms with Crippen molar-refractivity contribution in [2.45, 2.75) is 39.2 Å². The first-order valence-corrected chi connectivity index (χ1v) is 9.23. The zero-order valence-electron chi connectivity index (χ0n) is 17.0. The Kier molecular flexibility index (Phi) is 6.73. The van der Waals surface area contributed by atoms with Crippen molar-refractivity contribution in [3.8, 4) is 11.5 Å². The van der Waals surface area contributed by atoms with Gasteiger partial charge in [0, 0.05) is 5.56 Å². The molecular formula is C22H25ClO5. The van der Waals surface area contributed by atoms with Crippen molar-refractivity contribution < 1.29 is 23.8 Å². The summed E-state index contributed by atoms with van der Waals surface area (Å²) in [6, 6.07) is 10.2. The van der Waals surface area contributed by atoms with Gasteiger partial charge in [0.05, 0.1) is 24.8 Å². The second kappa shape index (κ2) is 8.65. The molecule has 2 aromatic carbocycles. The molecule has 0 saturated heterocycles. The lowest BCUT2D eigenvalue weighted by molar-refractivity contribution is 0.0318. The molecule has 0 spiro atoms. The monoisotopic (exact) mass is 404 g/mol. The molecule has 0 aliphatic carbocycles. The second-order valence-corrected chi connectivity index (χ2v) is 7.84. The minimum Gasteiger partial charge on any atom is -0.493 e. The fraction of sp³-hybridized carbons (Fsp3) is 0.364. The van der Waals surface area contributed by atoms with Crippen LogP contribution in [0.15, 0.2) is 36.4 Å². The molecule has 2 aromatic rings. The summed E-state index contributed by atoms with van der Waals surface area (Å²) in [5, 5.41) is 0.213. The number of hydrogen-bond donors (Lipinski definition) is 0. The minimum absolute atomic E-state index is 0.00759.